The van der Waals surface area contributed by atoms with Crippen LogP contribution in [0.5, 0.6) is 0 Å². The maximum Gasteiger partial charge on any atom is 0.0793 e. The van der Waals surface area contributed by atoms with Gasteiger partial charge in [-0.3, -0.25) is 4.90 Å². The first-order valence-electron chi connectivity index (χ1n) is 3.43. The van der Waals surface area contributed by atoms with Crippen LogP contribution in [-0.4, -0.2) is 42.3 Å². The lowest BCUT2D eigenvalue weighted by molar-refractivity contribution is 0.00218. The van der Waals surface area contributed by atoms with Crippen molar-refractivity contribution in [1.29, 1.82) is 0 Å². The second-order valence-corrected chi connectivity index (χ2v) is 2.56. The topological polar surface area (TPSA) is 49.5 Å². The minimum absolute atomic E-state index is 0.0669. The van der Waals surface area contributed by atoms with E-state index in [4.69, 9.17) is 10.8 Å². The summed E-state index contributed by atoms with van der Waals surface area (Å²) in [7, 11) is 0. The van der Waals surface area contributed by atoms with Gasteiger partial charge in [-0.1, -0.05) is 0 Å². The van der Waals surface area contributed by atoms with Crippen LogP contribution in [-0.2, 0) is 0 Å². The quantitative estimate of drug-likeness (QED) is 0.516. The van der Waals surface area contributed by atoms with Crippen LogP contribution in [0.1, 0.15) is 6.42 Å². The molecule has 1 aliphatic heterocycles. The Morgan fingerprint density at radius 2 is 2.22 bits per heavy atom. The fraction of sp³-hybridized carbons (Fsp3) is 1.00. The molecule has 0 aromatic heterocycles. The summed E-state index contributed by atoms with van der Waals surface area (Å²) in [6, 6.07) is 0. The minimum Gasteiger partial charge on any atom is -0.390 e. The summed E-state index contributed by atoms with van der Waals surface area (Å²) in [4.78, 5) is 2.21. The largest absolute Gasteiger partial charge is 0.390 e. The van der Waals surface area contributed by atoms with Crippen LogP contribution in [0, 0.1) is 0 Å². The zero-order chi connectivity index (χ0) is 6.69. The molecule has 0 aliphatic carbocycles. The van der Waals surface area contributed by atoms with E-state index >= 15 is 0 Å². The second-order valence-electron chi connectivity index (χ2n) is 2.56. The molecule has 9 heavy (non-hydrogen) atoms. The molecule has 3 heteroatoms. The van der Waals surface area contributed by atoms with Crippen LogP contribution in [0.25, 0.3) is 0 Å². The smallest absolute Gasteiger partial charge is 0.0793 e. The lowest BCUT2D eigenvalue weighted by Gasteiger charge is -2.35. The summed E-state index contributed by atoms with van der Waals surface area (Å²) in [6.07, 6.45) is 0.981. The second kappa shape index (κ2) is 3.15. The molecule has 1 rings (SSSR count). The van der Waals surface area contributed by atoms with E-state index in [1.54, 1.807) is 0 Å². The van der Waals surface area contributed by atoms with Crippen LogP contribution in [0.3, 0.4) is 0 Å². The molecule has 1 saturated heterocycles. The SMILES string of the molecule is NCCCN1CC(O)C1. The van der Waals surface area contributed by atoms with E-state index < -0.39 is 0 Å². The number of β-amino-alcohol motifs (C(OH)–C–C–N with tert-alkyl or cyclic N) is 1. The van der Waals surface area contributed by atoms with Gasteiger partial charge < -0.3 is 10.8 Å². The van der Waals surface area contributed by atoms with Crippen molar-refractivity contribution in [3.63, 3.8) is 0 Å². The summed E-state index contributed by atoms with van der Waals surface area (Å²) in [5.41, 5.74) is 5.30. The van der Waals surface area contributed by atoms with Crippen molar-refractivity contribution in [2.75, 3.05) is 26.2 Å². The maximum atomic E-state index is 8.84. The first-order valence-corrected chi connectivity index (χ1v) is 3.43. The Kier molecular flexibility index (Phi) is 2.45. The number of hydrogen-bond donors (Lipinski definition) is 2. The molecule has 0 aromatic rings. The van der Waals surface area contributed by atoms with E-state index in [0.717, 1.165) is 32.6 Å². The first kappa shape index (κ1) is 6.99. The van der Waals surface area contributed by atoms with E-state index in [2.05, 4.69) is 4.90 Å². The Balaban J connectivity index is 1.91. The van der Waals surface area contributed by atoms with E-state index in [9.17, 15) is 0 Å². The monoisotopic (exact) mass is 130 g/mol. The third-order valence-electron chi connectivity index (χ3n) is 1.62. The molecule has 54 valence electrons. The zero-order valence-electron chi connectivity index (χ0n) is 5.58. The summed E-state index contributed by atoms with van der Waals surface area (Å²) in [6.45, 7) is 3.50. The predicted octanol–water partition coefficient (Wildman–Crippen LogP) is -0.988. The number of hydrogen-bond acceptors (Lipinski definition) is 3. The molecule has 3 N–H and O–H groups in total. The molecule has 0 radical (unpaired) electrons. The van der Waals surface area contributed by atoms with Crippen LogP contribution >= 0.6 is 0 Å². The third kappa shape index (κ3) is 1.93. The van der Waals surface area contributed by atoms with E-state index in [-0.39, 0.29) is 6.10 Å². The van der Waals surface area contributed by atoms with E-state index in [0.29, 0.717) is 0 Å². The summed E-state index contributed by atoms with van der Waals surface area (Å²) in [5, 5.41) is 8.84. The number of aliphatic hydroxyl groups is 1. The Morgan fingerprint density at radius 3 is 2.67 bits per heavy atom. The van der Waals surface area contributed by atoms with Crippen molar-refractivity contribution >= 4 is 0 Å². The fourth-order valence-corrected chi connectivity index (χ4v) is 1.04. The molecule has 0 atom stereocenters. The Bertz CT molecular complexity index is 81.1. The normalized spacial score (nSPS) is 22.0. The van der Waals surface area contributed by atoms with Crippen molar-refractivity contribution in [3.8, 4) is 0 Å². The zero-order valence-corrected chi connectivity index (χ0v) is 5.58. The number of rotatable bonds is 3. The number of nitrogens with zero attached hydrogens (tertiary/aromatic N) is 1. The molecular formula is C6H14N2O. The van der Waals surface area contributed by atoms with Crippen LogP contribution in [0.4, 0.5) is 0 Å². The molecule has 1 aliphatic rings. The van der Waals surface area contributed by atoms with Crippen molar-refractivity contribution in [1.82, 2.24) is 4.90 Å². The highest BCUT2D eigenvalue weighted by Crippen LogP contribution is 2.06. The van der Waals surface area contributed by atoms with Gasteiger partial charge in [0.1, 0.15) is 0 Å². The molecule has 3 nitrogen and oxygen atoms in total. The number of likely N-dealkylation sites (tertiary alicyclic amines) is 1. The summed E-state index contributed by atoms with van der Waals surface area (Å²) < 4.78 is 0. The van der Waals surface area contributed by atoms with E-state index in [1.165, 1.54) is 0 Å². The van der Waals surface area contributed by atoms with Crippen molar-refractivity contribution in [2.45, 2.75) is 12.5 Å². The van der Waals surface area contributed by atoms with Gasteiger partial charge in [-0.15, -0.1) is 0 Å². The first-order chi connectivity index (χ1) is 4.33. The van der Waals surface area contributed by atoms with Gasteiger partial charge in [0.2, 0.25) is 0 Å². The van der Waals surface area contributed by atoms with Gasteiger partial charge >= 0.3 is 0 Å². The maximum absolute atomic E-state index is 8.84. The summed E-state index contributed by atoms with van der Waals surface area (Å²) in [5.74, 6) is 0. The molecule has 1 fully saturated rings. The van der Waals surface area contributed by atoms with Crippen molar-refractivity contribution < 1.29 is 5.11 Å². The Hall–Kier alpha value is -0.120. The van der Waals surface area contributed by atoms with Crippen LogP contribution < -0.4 is 5.73 Å². The molecule has 0 spiro atoms. The number of nitrogens with two attached hydrogens (primary N) is 1. The van der Waals surface area contributed by atoms with Gasteiger partial charge in [-0.05, 0) is 19.5 Å². The van der Waals surface area contributed by atoms with Crippen LogP contribution in [0.15, 0.2) is 0 Å². The lowest BCUT2D eigenvalue weighted by atomic mass is 10.1. The van der Waals surface area contributed by atoms with Crippen LogP contribution in [0.2, 0.25) is 0 Å². The average molecular weight is 130 g/mol. The van der Waals surface area contributed by atoms with Gasteiger partial charge in [0.05, 0.1) is 6.10 Å². The lowest BCUT2D eigenvalue weighted by Crippen LogP contribution is -2.51. The molecule has 0 unspecified atom stereocenters. The van der Waals surface area contributed by atoms with Gasteiger partial charge in [-0.2, -0.15) is 0 Å². The molecule has 0 amide bonds. The fourth-order valence-electron chi connectivity index (χ4n) is 1.04. The van der Waals surface area contributed by atoms with Crippen molar-refractivity contribution in [2.24, 2.45) is 5.73 Å². The molecule has 0 aromatic carbocycles. The molecule has 0 saturated carbocycles. The highest BCUT2D eigenvalue weighted by atomic mass is 16.3. The Labute approximate surface area is 55.5 Å². The van der Waals surface area contributed by atoms with Gasteiger partial charge in [-0.25, -0.2) is 0 Å². The number of aliphatic hydroxyl groups excluding tert-OH is 1. The Morgan fingerprint density at radius 1 is 1.56 bits per heavy atom. The minimum atomic E-state index is -0.0669. The van der Waals surface area contributed by atoms with E-state index in [1.807, 2.05) is 0 Å². The highest BCUT2D eigenvalue weighted by Gasteiger charge is 2.22. The third-order valence-corrected chi connectivity index (χ3v) is 1.62. The predicted molar refractivity (Wildman–Crippen MR) is 36.1 cm³/mol. The van der Waals surface area contributed by atoms with Gasteiger partial charge in [0.25, 0.3) is 0 Å². The average Bonchev–Trinajstić information content (AvgIpc) is 1.78. The molecule has 0 bridgehead atoms. The molecular weight excluding hydrogens is 116 g/mol. The molecule has 1 heterocycles. The summed E-state index contributed by atoms with van der Waals surface area (Å²) >= 11 is 0. The standard InChI is InChI=1S/C6H14N2O/c7-2-1-3-8-4-6(9)5-8/h6,9H,1-5,7H2. The van der Waals surface area contributed by atoms with Gasteiger partial charge in [0.15, 0.2) is 0 Å². The van der Waals surface area contributed by atoms with Gasteiger partial charge in [0, 0.05) is 13.1 Å². The van der Waals surface area contributed by atoms with Crippen molar-refractivity contribution in [3.05, 3.63) is 0 Å². The highest BCUT2D eigenvalue weighted by molar-refractivity contribution is 4.77.